The minimum Gasteiger partial charge on any atom is -0.349 e. The van der Waals surface area contributed by atoms with Crippen molar-refractivity contribution in [3.05, 3.63) is 34.9 Å². The molecular formula is C17H23NO. The largest absolute Gasteiger partial charge is 0.349 e. The molecule has 2 aliphatic rings. The van der Waals surface area contributed by atoms with E-state index < -0.39 is 0 Å². The lowest BCUT2D eigenvalue weighted by Crippen LogP contribution is -2.28. The predicted molar refractivity (Wildman–Crippen MR) is 76.9 cm³/mol. The van der Waals surface area contributed by atoms with E-state index in [0.717, 1.165) is 6.42 Å². The zero-order chi connectivity index (χ0) is 13.4. The fourth-order valence-corrected chi connectivity index (χ4v) is 3.11. The maximum atomic E-state index is 12.0. The van der Waals surface area contributed by atoms with Gasteiger partial charge in [-0.2, -0.15) is 0 Å². The molecule has 0 bridgehead atoms. The van der Waals surface area contributed by atoms with E-state index in [9.17, 15) is 4.79 Å². The van der Waals surface area contributed by atoms with Crippen molar-refractivity contribution >= 4 is 5.91 Å². The highest BCUT2D eigenvalue weighted by Crippen LogP contribution is 2.38. The number of nitrogens with one attached hydrogen (secondary N) is 1. The van der Waals surface area contributed by atoms with Crippen molar-refractivity contribution in [1.29, 1.82) is 0 Å². The molecule has 0 aromatic heterocycles. The molecule has 0 spiro atoms. The Labute approximate surface area is 115 Å². The highest BCUT2D eigenvalue weighted by Gasteiger charge is 2.39. The SMILES string of the molecule is CC(NC(=O)C1CC1C)c1ccc2c(c1)CCCC2. The number of carbonyl (C=O) groups is 1. The first-order valence-electron chi connectivity index (χ1n) is 7.57. The summed E-state index contributed by atoms with van der Waals surface area (Å²) in [6.45, 7) is 4.24. The molecule has 19 heavy (non-hydrogen) atoms. The average molecular weight is 257 g/mol. The van der Waals surface area contributed by atoms with Crippen LogP contribution < -0.4 is 5.32 Å². The smallest absolute Gasteiger partial charge is 0.223 e. The molecule has 0 heterocycles. The standard InChI is InChI=1S/C17H23NO/c1-11-9-16(11)17(19)18-12(2)14-8-7-13-5-3-4-6-15(13)10-14/h7-8,10-12,16H,3-6,9H2,1-2H3,(H,18,19). The van der Waals surface area contributed by atoms with Gasteiger partial charge in [-0.05, 0) is 61.6 Å². The summed E-state index contributed by atoms with van der Waals surface area (Å²) in [6.07, 6.45) is 6.09. The van der Waals surface area contributed by atoms with Crippen molar-refractivity contribution in [1.82, 2.24) is 5.32 Å². The molecule has 2 aliphatic carbocycles. The number of aryl methyl sites for hydroxylation is 2. The zero-order valence-electron chi connectivity index (χ0n) is 11.9. The van der Waals surface area contributed by atoms with Gasteiger partial charge in [-0.15, -0.1) is 0 Å². The van der Waals surface area contributed by atoms with Crippen LogP contribution in [0.5, 0.6) is 0 Å². The van der Waals surface area contributed by atoms with Crippen molar-refractivity contribution in [2.24, 2.45) is 11.8 Å². The van der Waals surface area contributed by atoms with E-state index >= 15 is 0 Å². The fourth-order valence-electron chi connectivity index (χ4n) is 3.11. The molecule has 0 radical (unpaired) electrons. The predicted octanol–water partition coefficient (Wildman–Crippen LogP) is 3.40. The third-order valence-electron chi connectivity index (χ3n) is 4.68. The molecule has 2 heteroatoms. The van der Waals surface area contributed by atoms with Crippen LogP contribution in [0, 0.1) is 11.8 Å². The summed E-state index contributed by atoms with van der Waals surface area (Å²) in [7, 11) is 0. The number of fused-ring (bicyclic) bond motifs is 1. The first kappa shape index (κ1) is 12.7. The Hall–Kier alpha value is -1.31. The van der Waals surface area contributed by atoms with Crippen LogP contribution in [0.3, 0.4) is 0 Å². The van der Waals surface area contributed by atoms with Crippen molar-refractivity contribution < 1.29 is 4.79 Å². The van der Waals surface area contributed by atoms with Gasteiger partial charge in [0.25, 0.3) is 0 Å². The number of carbonyl (C=O) groups excluding carboxylic acids is 1. The first-order valence-corrected chi connectivity index (χ1v) is 7.57. The summed E-state index contributed by atoms with van der Waals surface area (Å²) in [4.78, 5) is 12.0. The third kappa shape index (κ3) is 2.68. The summed E-state index contributed by atoms with van der Waals surface area (Å²) in [5.41, 5.74) is 4.25. The Kier molecular flexibility index (Phi) is 3.34. The van der Waals surface area contributed by atoms with Gasteiger partial charge in [-0.3, -0.25) is 4.79 Å². The maximum absolute atomic E-state index is 12.0. The van der Waals surface area contributed by atoms with Crippen molar-refractivity contribution in [2.75, 3.05) is 0 Å². The van der Waals surface area contributed by atoms with Gasteiger partial charge in [0.1, 0.15) is 0 Å². The molecule has 2 nitrogen and oxygen atoms in total. The Morgan fingerprint density at radius 3 is 2.63 bits per heavy atom. The van der Waals surface area contributed by atoms with Crippen LogP contribution in [0.4, 0.5) is 0 Å². The van der Waals surface area contributed by atoms with Gasteiger partial charge >= 0.3 is 0 Å². The number of hydrogen-bond acceptors (Lipinski definition) is 1. The maximum Gasteiger partial charge on any atom is 0.223 e. The molecule has 1 N–H and O–H groups in total. The van der Waals surface area contributed by atoms with Crippen molar-refractivity contribution in [3.63, 3.8) is 0 Å². The Balaban J connectivity index is 1.69. The summed E-state index contributed by atoms with van der Waals surface area (Å²) >= 11 is 0. The van der Waals surface area contributed by atoms with Crippen LogP contribution in [0.15, 0.2) is 18.2 Å². The lowest BCUT2D eigenvalue weighted by atomic mass is 9.89. The first-order chi connectivity index (χ1) is 9.15. The molecule has 0 saturated heterocycles. The molecule has 0 aliphatic heterocycles. The second-order valence-electron chi connectivity index (χ2n) is 6.29. The molecule has 1 aromatic carbocycles. The van der Waals surface area contributed by atoms with E-state index in [1.54, 1.807) is 0 Å². The van der Waals surface area contributed by atoms with Crippen LogP contribution in [-0.2, 0) is 17.6 Å². The van der Waals surface area contributed by atoms with Gasteiger partial charge < -0.3 is 5.32 Å². The highest BCUT2D eigenvalue weighted by atomic mass is 16.2. The van der Waals surface area contributed by atoms with E-state index in [-0.39, 0.29) is 17.9 Å². The molecule has 3 atom stereocenters. The van der Waals surface area contributed by atoms with E-state index in [1.807, 2.05) is 0 Å². The number of rotatable bonds is 3. The van der Waals surface area contributed by atoms with Crippen LogP contribution in [0.2, 0.25) is 0 Å². The summed E-state index contributed by atoms with van der Waals surface area (Å²) in [6, 6.07) is 6.88. The summed E-state index contributed by atoms with van der Waals surface area (Å²) < 4.78 is 0. The third-order valence-corrected chi connectivity index (χ3v) is 4.68. The Morgan fingerprint density at radius 2 is 1.95 bits per heavy atom. The topological polar surface area (TPSA) is 29.1 Å². The fraction of sp³-hybridized carbons (Fsp3) is 0.588. The Bertz CT molecular complexity index is 494. The van der Waals surface area contributed by atoms with Gasteiger partial charge in [0.15, 0.2) is 0 Å². The van der Waals surface area contributed by atoms with Gasteiger partial charge in [0, 0.05) is 5.92 Å². The summed E-state index contributed by atoms with van der Waals surface area (Å²) in [5.74, 6) is 1.08. The number of amides is 1. The second kappa shape index (κ2) is 4.99. The van der Waals surface area contributed by atoms with Crippen molar-refractivity contribution in [2.45, 2.75) is 52.0 Å². The number of benzene rings is 1. The van der Waals surface area contributed by atoms with Crippen LogP contribution in [0.25, 0.3) is 0 Å². The number of hydrogen-bond donors (Lipinski definition) is 1. The lowest BCUT2D eigenvalue weighted by molar-refractivity contribution is -0.123. The molecule has 3 rings (SSSR count). The van der Waals surface area contributed by atoms with Gasteiger partial charge in [0.2, 0.25) is 5.91 Å². The minimum absolute atomic E-state index is 0.132. The average Bonchev–Trinajstić information content (AvgIpc) is 3.15. The molecular weight excluding hydrogens is 234 g/mol. The molecule has 102 valence electrons. The van der Waals surface area contributed by atoms with E-state index in [1.165, 1.54) is 42.4 Å². The molecule has 1 amide bonds. The van der Waals surface area contributed by atoms with Crippen LogP contribution >= 0.6 is 0 Å². The molecule has 1 aromatic rings. The van der Waals surface area contributed by atoms with E-state index in [2.05, 4.69) is 37.4 Å². The van der Waals surface area contributed by atoms with E-state index in [0.29, 0.717) is 5.92 Å². The summed E-state index contributed by atoms with van der Waals surface area (Å²) in [5, 5.41) is 3.16. The van der Waals surface area contributed by atoms with Crippen LogP contribution in [0.1, 0.15) is 55.8 Å². The van der Waals surface area contributed by atoms with E-state index in [4.69, 9.17) is 0 Å². The molecule has 3 unspecified atom stereocenters. The second-order valence-corrected chi connectivity index (χ2v) is 6.29. The minimum atomic E-state index is 0.132. The van der Waals surface area contributed by atoms with Gasteiger partial charge in [0.05, 0.1) is 6.04 Å². The highest BCUT2D eigenvalue weighted by molar-refractivity contribution is 5.81. The van der Waals surface area contributed by atoms with Crippen LogP contribution in [-0.4, -0.2) is 5.91 Å². The van der Waals surface area contributed by atoms with Crippen molar-refractivity contribution in [3.8, 4) is 0 Å². The van der Waals surface area contributed by atoms with Gasteiger partial charge in [-0.25, -0.2) is 0 Å². The molecule has 1 saturated carbocycles. The lowest BCUT2D eigenvalue weighted by Gasteiger charge is -2.20. The van der Waals surface area contributed by atoms with Gasteiger partial charge in [-0.1, -0.05) is 25.1 Å². The monoisotopic (exact) mass is 257 g/mol. The zero-order valence-corrected chi connectivity index (χ0v) is 11.9. The quantitative estimate of drug-likeness (QED) is 0.883. The Morgan fingerprint density at radius 1 is 1.26 bits per heavy atom. The molecule has 1 fully saturated rings. The normalized spacial score (nSPS) is 26.4.